The number of amides is 3. The highest BCUT2D eigenvalue weighted by Crippen LogP contribution is 2.52. The van der Waals surface area contributed by atoms with E-state index >= 15 is 0 Å². The lowest BCUT2D eigenvalue weighted by Crippen LogP contribution is -2.61. The third-order valence-electron chi connectivity index (χ3n) is 5.98. The van der Waals surface area contributed by atoms with Gasteiger partial charge in [-0.3, -0.25) is 10.2 Å². The Balaban J connectivity index is 1.45. The second-order valence-electron chi connectivity index (χ2n) is 9.33. The summed E-state index contributed by atoms with van der Waals surface area (Å²) in [7, 11) is 0. The average Bonchev–Trinajstić information content (AvgIpc) is 2.71. The maximum atomic E-state index is 12.8. The van der Waals surface area contributed by atoms with Crippen molar-refractivity contribution in [3.05, 3.63) is 35.9 Å². The van der Waals surface area contributed by atoms with E-state index < -0.39 is 23.2 Å². The first-order valence-corrected chi connectivity index (χ1v) is 10.4. The molecule has 0 atom stereocenters. The number of ether oxygens (including phenoxy) is 2. The predicted molar refractivity (Wildman–Crippen MR) is 110 cm³/mol. The van der Waals surface area contributed by atoms with Crippen LogP contribution in [-0.4, -0.2) is 29.2 Å². The SMILES string of the molecule is CC(C)(C)OC(=O)NC12CCC(C(=O)NNC(=O)OCc3ccccc3)(CC1)CC2. The highest BCUT2D eigenvalue weighted by molar-refractivity contribution is 5.85. The lowest BCUT2D eigenvalue weighted by molar-refractivity contribution is -0.139. The van der Waals surface area contributed by atoms with Crippen LogP contribution in [0.25, 0.3) is 0 Å². The second kappa shape index (κ2) is 8.53. The Morgan fingerprint density at radius 1 is 0.900 bits per heavy atom. The molecule has 3 aliphatic rings. The Kier molecular flexibility index (Phi) is 6.24. The van der Waals surface area contributed by atoms with Gasteiger partial charge in [-0.1, -0.05) is 30.3 Å². The minimum Gasteiger partial charge on any atom is -0.444 e. The van der Waals surface area contributed by atoms with E-state index in [1.165, 1.54) is 0 Å². The largest absolute Gasteiger partial charge is 0.444 e. The van der Waals surface area contributed by atoms with Crippen molar-refractivity contribution in [2.24, 2.45) is 5.41 Å². The van der Waals surface area contributed by atoms with E-state index in [2.05, 4.69) is 16.2 Å². The first-order valence-electron chi connectivity index (χ1n) is 10.4. The summed E-state index contributed by atoms with van der Waals surface area (Å²) in [4.78, 5) is 36.8. The van der Waals surface area contributed by atoms with Crippen molar-refractivity contribution in [3.8, 4) is 0 Å². The van der Waals surface area contributed by atoms with Crippen molar-refractivity contribution < 1.29 is 23.9 Å². The minimum absolute atomic E-state index is 0.131. The molecule has 1 aromatic rings. The van der Waals surface area contributed by atoms with E-state index in [9.17, 15) is 14.4 Å². The molecule has 3 fully saturated rings. The van der Waals surface area contributed by atoms with Gasteiger partial charge in [-0.05, 0) is 64.9 Å². The number of hydrogen-bond donors (Lipinski definition) is 3. The van der Waals surface area contributed by atoms with Crippen molar-refractivity contribution in [1.29, 1.82) is 0 Å². The molecule has 3 saturated carbocycles. The van der Waals surface area contributed by atoms with E-state index in [1.54, 1.807) is 0 Å². The minimum atomic E-state index is -0.698. The third kappa shape index (κ3) is 5.43. The van der Waals surface area contributed by atoms with Crippen LogP contribution < -0.4 is 16.2 Å². The monoisotopic (exact) mass is 417 g/mol. The molecule has 30 heavy (non-hydrogen) atoms. The zero-order chi connectivity index (χ0) is 21.8. The molecule has 8 heteroatoms. The molecule has 1 aromatic carbocycles. The van der Waals surface area contributed by atoms with E-state index in [4.69, 9.17) is 9.47 Å². The summed E-state index contributed by atoms with van der Waals surface area (Å²) >= 11 is 0. The van der Waals surface area contributed by atoms with E-state index in [1.807, 2.05) is 51.1 Å². The highest BCUT2D eigenvalue weighted by Gasteiger charge is 2.53. The maximum absolute atomic E-state index is 12.8. The third-order valence-corrected chi connectivity index (χ3v) is 5.98. The van der Waals surface area contributed by atoms with Crippen LogP contribution in [0.1, 0.15) is 64.9 Å². The summed E-state index contributed by atoms with van der Waals surface area (Å²) in [5.41, 5.74) is 4.34. The van der Waals surface area contributed by atoms with E-state index in [0.717, 1.165) is 5.56 Å². The van der Waals surface area contributed by atoms with Crippen molar-refractivity contribution in [2.75, 3.05) is 0 Å². The van der Waals surface area contributed by atoms with Gasteiger partial charge < -0.3 is 14.8 Å². The lowest BCUT2D eigenvalue weighted by Gasteiger charge is -2.52. The number of hydrogen-bond acceptors (Lipinski definition) is 5. The molecule has 0 unspecified atom stereocenters. The number of rotatable bonds is 4. The van der Waals surface area contributed by atoms with Crippen LogP contribution in [-0.2, 0) is 20.9 Å². The van der Waals surface area contributed by atoms with Crippen LogP contribution in [0.5, 0.6) is 0 Å². The molecule has 0 spiro atoms. The van der Waals surface area contributed by atoms with Crippen LogP contribution in [0.15, 0.2) is 30.3 Å². The smallest absolute Gasteiger partial charge is 0.426 e. The van der Waals surface area contributed by atoms with Gasteiger partial charge in [-0.2, -0.15) is 0 Å². The second-order valence-corrected chi connectivity index (χ2v) is 9.33. The molecular formula is C22H31N3O5. The van der Waals surface area contributed by atoms with Crippen LogP contribution in [0, 0.1) is 5.41 Å². The van der Waals surface area contributed by atoms with Gasteiger partial charge in [0.15, 0.2) is 0 Å². The van der Waals surface area contributed by atoms with Gasteiger partial charge in [0.25, 0.3) is 0 Å². The fraction of sp³-hybridized carbons (Fsp3) is 0.591. The molecule has 164 valence electrons. The van der Waals surface area contributed by atoms with Gasteiger partial charge in [0, 0.05) is 5.54 Å². The number of hydrazine groups is 1. The number of benzene rings is 1. The molecule has 0 heterocycles. The molecule has 0 aliphatic heterocycles. The number of alkyl carbamates (subject to hydrolysis) is 1. The first-order chi connectivity index (χ1) is 14.1. The van der Waals surface area contributed by atoms with Gasteiger partial charge in [0.05, 0.1) is 5.41 Å². The normalized spacial score (nSPS) is 25.2. The van der Waals surface area contributed by atoms with Crippen LogP contribution in [0.3, 0.4) is 0 Å². The van der Waals surface area contributed by atoms with Crippen LogP contribution in [0.4, 0.5) is 9.59 Å². The summed E-state index contributed by atoms with van der Waals surface area (Å²) in [6.07, 6.45) is 2.95. The van der Waals surface area contributed by atoms with E-state index in [0.29, 0.717) is 38.5 Å². The molecule has 3 N–H and O–H groups in total. The van der Waals surface area contributed by atoms with Crippen LogP contribution >= 0.6 is 0 Å². The summed E-state index contributed by atoms with van der Waals surface area (Å²) < 4.78 is 10.5. The fourth-order valence-electron chi connectivity index (χ4n) is 4.23. The Labute approximate surface area is 177 Å². The highest BCUT2D eigenvalue weighted by atomic mass is 16.6. The van der Waals surface area contributed by atoms with Gasteiger partial charge in [0.1, 0.15) is 12.2 Å². The molecule has 2 bridgehead atoms. The number of nitrogens with one attached hydrogen (secondary N) is 3. The topological polar surface area (TPSA) is 106 Å². The zero-order valence-electron chi connectivity index (χ0n) is 17.9. The number of carbonyl (C=O) groups is 3. The van der Waals surface area contributed by atoms with Crippen LogP contribution in [0.2, 0.25) is 0 Å². The summed E-state index contributed by atoms with van der Waals surface area (Å²) in [6.45, 7) is 5.63. The first kappa shape index (κ1) is 21.9. The fourth-order valence-corrected chi connectivity index (χ4v) is 4.23. The Morgan fingerprint density at radius 3 is 2.07 bits per heavy atom. The summed E-state index contributed by atoms with van der Waals surface area (Å²) in [5.74, 6) is -0.204. The number of carbonyl (C=O) groups excluding carboxylic acids is 3. The zero-order valence-corrected chi connectivity index (χ0v) is 17.9. The van der Waals surface area contributed by atoms with Crippen molar-refractivity contribution in [3.63, 3.8) is 0 Å². The standard InChI is InChI=1S/C22H31N3O5/c1-20(2,3)30-18(27)23-22-12-9-21(10-13-22,11-14-22)17(26)24-25-19(28)29-15-16-7-5-4-6-8-16/h4-8H,9-15H2,1-3H3,(H,23,27)(H,24,26)(H,25,28). The Bertz CT molecular complexity index is 763. The summed E-state index contributed by atoms with van der Waals surface area (Å²) in [5, 5.41) is 3.03. The average molecular weight is 418 g/mol. The molecule has 8 nitrogen and oxygen atoms in total. The molecule has 3 amide bonds. The van der Waals surface area contributed by atoms with Gasteiger partial charge in [-0.15, -0.1) is 0 Å². The lowest BCUT2D eigenvalue weighted by atomic mass is 9.57. The summed E-state index contributed by atoms with van der Waals surface area (Å²) in [6, 6.07) is 9.32. The Morgan fingerprint density at radius 2 is 1.50 bits per heavy atom. The molecule has 4 rings (SSSR count). The predicted octanol–water partition coefficient (Wildman–Crippen LogP) is 3.56. The Hall–Kier alpha value is -2.77. The molecular weight excluding hydrogens is 386 g/mol. The number of fused-ring (bicyclic) bond motifs is 3. The van der Waals surface area contributed by atoms with E-state index in [-0.39, 0.29) is 18.1 Å². The van der Waals surface area contributed by atoms with Gasteiger partial charge >= 0.3 is 12.2 Å². The van der Waals surface area contributed by atoms with Crippen molar-refractivity contribution in [2.45, 2.75) is 77.0 Å². The van der Waals surface area contributed by atoms with Gasteiger partial charge in [-0.25, -0.2) is 15.0 Å². The molecule has 0 radical (unpaired) electrons. The van der Waals surface area contributed by atoms with Gasteiger partial charge in [0.2, 0.25) is 5.91 Å². The molecule has 0 aromatic heterocycles. The van der Waals surface area contributed by atoms with Crippen molar-refractivity contribution in [1.82, 2.24) is 16.2 Å². The maximum Gasteiger partial charge on any atom is 0.426 e. The molecule has 3 aliphatic carbocycles. The molecule has 0 saturated heterocycles. The van der Waals surface area contributed by atoms with Crippen molar-refractivity contribution >= 4 is 18.1 Å². The quantitative estimate of drug-likeness (QED) is 0.650.